The zero-order chi connectivity index (χ0) is 17.6. The molecule has 0 aliphatic carbocycles. The van der Waals surface area contributed by atoms with Crippen LogP contribution in [0.5, 0.6) is 0 Å². The third-order valence-electron chi connectivity index (χ3n) is 3.78. The molecular weight excluding hydrogens is 302 g/mol. The van der Waals surface area contributed by atoms with E-state index in [4.69, 9.17) is 0 Å². The van der Waals surface area contributed by atoms with E-state index in [1.54, 1.807) is 19.2 Å². The van der Waals surface area contributed by atoms with Gasteiger partial charge in [-0.1, -0.05) is 26.0 Å². The lowest BCUT2D eigenvalue weighted by Crippen LogP contribution is -2.40. The van der Waals surface area contributed by atoms with Gasteiger partial charge in [-0.25, -0.2) is 4.98 Å². The van der Waals surface area contributed by atoms with Crippen molar-refractivity contribution in [2.24, 2.45) is 5.92 Å². The third-order valence-corrected chi connectivity index (χ3v) is 3.78. The lowest BCUT2D eigenvalue weighted by atomic mass is 9.95. The molecule has 0 fully saturated rings. The number of nitrogens with zero attached hydrogens (tertiary/aromatic N) is 2. The van der Waals surface area contributed by atoms with Crippen LogP contribution >= 0.6 is 0 Å². The van der Waals surface area contributed by atoms with E-state index in [0.717, 1.165) is 17.5 Å². The van der Waals surface area contributed by atoms with E-state index in [0.29, 0.717) is 18.0 Å². The molecule has 0 aliphatic heterocycles. The number of hydrogen-bond donors (Lipinski definition) is 2. The standard InChI is InChI=1S/C19H25N3O2/c1-14(2)10-11-19(3,24)13-21-18(23)9-8-15-12-20-16-6-4-5-7-17(16)22-15/h4-9,12,14,24H,10-11,13H2,1-3H3,(H,21,23). The highest BCUT2D eigenvalue weighted by molar-refractivity contribution is 5.91. The molecule has 0 bridgehead atoms. The van der Waals surface area contributed by atoms with Gasteiger partial charge >= 0.3 is 0 Å². The van der Waals surface area contributed by atoms with Crippen LogP contribution in [0.3, 0.4) is 0 Å². The number of aromatic nitrogens is 2. The molecule has 1 atom stereocenters. The van der Waals surface area contributed by atoms with Crippen LogP contribution in [0.2, 0.25) is 0 Å². The Hall–Kier alpha value is -2.27. The summed E-state index contributed by atoms with van der Waals surface area (Å²) < 4.78 is 0. The summed E-state index contributed by atoms with van der Waals surface area (Å²) in [6.45, 7) is 6.20. The Labute approximate surface area is 142 Å². The minimum absolute atomic E-state index is 0.228. The van der Waals surface area contributed by atoms with Crippen molar-refractivity contribution in [1.29, 1.82) is 0 Å². The van der Waals surface area contributed by atoms with E-state index in [1.807, 2.05) is 24.3 Å². The van der Waals surface area contributed by atoms with Gasteiger partial charge in [0, 0.05) is 12.6 Å². The van der Waals surface area contributed by atoms with Gasteiger partial charge in [0.1, 0.15) is 0 Å². The van der Waals surface area contributed by atoms with Gasteiger partial charge in [0.05, 0.1) is 28.5 Å². The van der Waals surface area contributed by atoms with Crippen molar-refractivity contribution in [1.82, 2.24) is 15.3 Å². The molecule has 2 aromatic rings. The summed E-state index contributed by atoms with van der Waals surface area (Å²) in [5.41, 5.74) is 1.34. The highest BCUT2D eigenvalue weighted by atomic mass is 16.3. The van der Waals surface area contributed by atoms with Crippen LogP contribution < -0.4 is 5.32 Å². The van der Waals surface area contributed by atoms with Crippen LogP contribution in [0.1, 0.15) is 39.3 Å². The van der Waals surface area contributed by atoms with Gasteiger partial charge in [0.15, 0.2) is 0 Å². The minimum atomic E-state index is -0.892. The van der Waals surface area contributed by atoms with Crippen LogP contribution in [0.4, 0.5) is 0 Å². The topological polar surface area (TPSA) is 75.1 Å². The Morgan fingerprint density at radius 3 is 2.75 bits per heavy atom. The molecular formula is C19H25N3O2. The summed E-state index contributed by atoms with van der Waals surface area (Å²) in [7, 11) is 0. The SMILES string of the molecule is CC(C)CCC(C)(O)CNC(=O)C=Cc1cnc2ccccc2n1. The normalized spacial score (nSPS) is 14.2. The average Bonchev–Trinajstić information content (AvgIpc) is 2.56. The number of aliphatic hydroxyl groups is 1. The van der Waals surface area contributed by atoms with Gasteiger partial charge in [-0.3, -0.25) is 9.78 Å². The Bertz CT molecular complexity index is 723. The Kier molecular flexibility index (Phi) is 6.04. The summed E-state index contributed by atoms with van der Waals surface area (Å²) in [6, 6.07) is 7.58. The van der Waals surface area contributed by atoms with Gasteiger partial charge < -0.3 is 10.4 Å². The first kappa shape index (κ1) is 18.1. The predicted molar refractivity (Wildman–Crippen MR) is 96.3 cm³/mol. The molecule has 0 saturated carbocycles. The molecule has 5 heteroatoms. The van der Waals surface area contributed by atoms with Crippen molar-refractivity contribution in [3.8, 4) is 0 Å². The molecule has 2 N–H and O–H groups in total. The number of para-hydroxylation sites is 2. The van der Waals surface area contributed by atoms with E-state index in [-0.39, 0.29) is 12.5 Å². The zero-order valence-corrected chi connectivity index (χ0v) is 14.5. The minimum Gasteiger partial charge on any atom is -0.388 e. The van der Waals surface area contributed by atoms with Crippen molar-refractivity contribution >= 4 is 23.0 Å². The summed E-state index contributed by atoms with van der Waals surface area (Å²) in [5, 5.41) is 13.0. The number of benzene rings is 1. The van der Waals surface area contributed by atoms with Crippen molar-refractivity contribution in [3.63, 3.8) is 0 Å². The summed E-state index contributed by atoms with van der Waals surface area (Å²) in [4.78, 5) is 20.6. The number of carbonyl (C=O) groups is 1. The molecule has 1 unspecified atom stereocenters. The maximum absolute atomic E-state index is 11.9. The van der Waals surface area contributed by atoms with Crippen molar-refractivity contribution in [3.05, 3.63) is 42.2 Å². The predicted octanol–water partition coefficient (Wildman–Crippen LogP) is 2.95. The molecule has 1 aromatic heterocycles. The zero-order valence-electron chi connectivity index (χ0n) is 14.5. The Morgan fingerprint density at radius 2 is 2.04 bits per heavy atom. The molecule has 24 heavy (non-hydrogen) atoms. The average molecular weight is 327 g/mol. The molecule has 0 radical (unpaired) electrons. The maximum Gasteiger partial charge on any atom is 0.244 e. The summed E-state index contributed by atoms with van der Waals surface area (Å²) >= 11 is 0. The second kappa shape index (κ2) is 8.02. The smallest absolute Gasteiger partial charge is 0.244 e. The quantitative estimate of drug-likeness (QED) is 0.767. The summed E-state index contributed by atoms with van der Waals surface area (Å²) in [5.74, 6) is 0.272. The van der Waals surface area contributed by atoms with Gasteiger partial charge in [0.25, 0.3) is 0 Å². The molecule has 0 aliphatic rings. The van der Waals surface area contributed by atoms with Gasteiger partial charge in [-0.05, 0) is 43.9 Å². The first-order valence-corrected chi connectivity index (χ1v) is 8.26. The van der Waals surface area contributed by atoms with Gasteiger partial charge in [-0.15, -0.1) is 0 Å². The lowest BCUT2D eigenvalue weighted by Gasteiger charge is -2.24. The molecule has 2 rings (SSSR count). The van der Waals surface area contributed by atoms with Crippen molar-refractivity contribution in [2.45, 2.75) is 39.2 Å². The third kappa shape index (κ3) is 5.74. The number of carbonyl (C=O) groups excluding carboxylic acids is 1. The maximum atomic E-state index is 11.9. The van der Waals surface area contributed by atoms with E-state index < -0.39 is 5.60 Å². The number of nitrogens with one attached hydrogen (secondary N) is 1. The van der Waals surface area contributed by atoms with Crippen LogP contribution in [-0.2, 0) is 4.79 Å². The lowest BCUT2D eigenvalue weighted by molar-refractivity contribution is -0.117. The second-order valence-electron chi connectivity index (χ2n) is 6.76. The molecule has 0 spiro atoms. The summed E-state index contributed by atoms with van der Waals surface area (Å²) in [6.07, 6.45) is 6.25. The Balaban J connectivity index is 1.89. The van der Waals surface area contributed by atoms with E-state index in [2.05, 4.69) is 29.1 Å². The van der Waals surface area contributed by atoms with Crippen LogP contribution in [0.15, 0.2) is 36.5 Å². The van der Waals surface area contributed by atoms with Gasteiger partial charge in [-0.2, -0.15) is 0 Å². The second-order valence-corrected chi connectivity index (χ2v) is 6.76. The monoisotopic (exact) mass is 327 g/mol. The number of fused-ring (bicyclic) bond motifs is 1. The molecule has 1 heterocycles. The molecule has 1 aromatic carbocycles. The van der Waals surface area contributed by atoms with E-state index >= 15 is 0 Å². The molecule has 1 amide bonds. The van der Waals surface area contributed by atoms with Crippen LogP contribution in [0.25, 0.3) is 17.1 Å². The fraction of sp³-hybridized carbons (Fsp3) is 0.421. The first-order chi connectivity index (χ1) is 11.4. The van der Waals surface area contributed by atoms with Gasteiger partial charge in [0.2, 0.25) is 5.91 Å². The number of rotatable bonds is 7. The number of amides is 1. The fourth-order valence-electron chi connectivity index (χ4n) is 2.24. The number of hydrogen-bond acceptors (Lipinski definition) is 4. The van der Waals surface area contributed by atoms with E-state index in [1.165, 1.54) is 6.08 Å². The van der Waals surface area contributed by atoms with Crippen molar-refractivity contribution < 1.29 is 9.90 Å². The molecule has 0 saturated heterocycles. The van der Waals surface area contributed by atoms with Crippen LogP contribution in [0, 0.1) is 5.92 Å². The molecule has 128 valence electrons. The highest BCUT2D eigenvalue weighted by Crippen LogP contribution is 2.15. The van der Waals surface area contributed by atoms with E-state index in [9.17, 15) is 9.90 Å². The largest absolute Gasteiger partial charge is 0.388 e. The molecule has 5 nitrogen and oxygen atoms in total. The fourth-order valence-corrected chi connectivity index (χ4v) is 2.24. The first-order valence-electron chi connectivity index (χ1n) is 8.26. The van der Waals surface area contributed by atoms with Crippen molar-refractivity contribution in [2.75, 3.05) is 6.54 Å². The highest BCUT2D eigenvalue weighted by Gasteiger charge is 2.20. The Morgan fingerprint density at radius 1 is 1.33 bits per heavy atom. The van der Waals surface area contributed by atoms with Crippen LogP contribution in [-0.4, -0.2) is 33.1 Å².